The van der Waals surface area contributed by atoms with Crippen LogP contribution in [0.5, 0.6) is 0 Å². The SMILES string of the molecule is Cc1ccccc1CNCCC[C@H](NC(=O)c1ccc(CN(Cc2ncc[nH]2)C(=O)OC(C)(C)C)cc1)C(=O)NC(C)c1cccc2ccccc12. The van der Waals surface area contributed by atoms with Gasteiger partial charge in [-0.2, -0.15) is 0 Å². The smallest absolute Gasteiger partial charge is 0.410 e. The van der Waals surface area contributed by atoms with Crippen molar-refractivity contribution >= 4 is 28.7 Å². The van der Waals surface area contributed by atoms with E-state index in [1.165, 1.54) is 11.1 Å². The van der Waals surface area contributed by atoms with Crippen molar-refractivity contribution in [2.24, 2.45) is 0 Å². The van der Waals surface area contributed by atoms with Gasteiger partial charge in [0.05, 0.1) is 12.6 Å². The number of benzene rings is 4. The lowest BCUT2D eigenvalue weighted by Gasteiger charge is -2.27. The number of nitrogens with one attached hydrogen (secondary N) is 4. The second-order valence-electron chi connectivity index (χ2n) is 14.1. The zero-order valence-electron chi connectivity index (χ0n) is 30.7. The molecule has 0 saturated carbocycles. The van der Waals surface area contributed by atoms with Gasteiger partial charge in [0.2, 0.25) is 5.91 Å². The van der Waals surface area contributed by atoms with E-state index in [1.54, 1.807) is 29.4 Å². The van der Waals surface area contributed by atoms with Crippen LogP contribution in [-0.2, 0) is 29.2 Å². The lowest BCUT2D eigenvalue weighted by Crippen LogP contribution is -2.47. The molecule has 10 nitrogen and oxygen atoms in total. The summed E-state index contributed by atoms with van der Waals surface area (Å²) >= 11 is 0. The molecular formula is C42H50N6O4. The first-order valence-corrected chi connectivity index (χ1v) is 17.9. The van der Waals surface area contributed by atoms with E-state index in [9.17, 15) is 14.4 Å². The number of carbonyl (C=O) groups is 3. The van der Waals surface area contributed by atoms with Crippen molar-refractivity contribution in [2.75, 3.05) is 6.54 Å². The van der Waals surface area contributed by atoms with Gasteiger partial charge in [-0.1, -0.05) is 78.9 Å². The number of amides is 3. The molecule has 272 valence electrons. The van der Waals surface area contributed by atoms with Crippen molar-refractivity contribution in [3.05, 3.63) is 137 Å². The zero-order valence-corrected chi connectivity index (χ0v) is 30.7. The van der Waals surface area contributed by atoms with Gasteiger partial charge < -0.3 is 25.7 Å². The summed E-state index contributed by atoms with van der Waals surface area (Å²) in [5.41, 5.74) is 4.03. The molecular weight excluding hydrogens is 652 g/mol. The Kier molecular flexibility index (Phi) is 12.8. The number of hydrogen-bond donors (Lipinski definition) is 4. The summed E-state index contributed by atoms with van der Waals surface area (Å²) in [4.78, 5) is 49.3. The molecule has 0 aliphatic carbocycles. The Balaban J connectivity index is 1.26. The first-order valence-electron chi connectivity index (χ1n) is 17.9. The van der Waals surface area contributed by atoms with Crippen molar-refractivity contribution < 1.29 is 19.1 Å². The van der Waals surface area contributed by atoms with E-state index in [0.717, 1.165) is 28.4 Å². The van der Waals surface area contributed by atoms with Crippen LogP contribution >= 0.6 is 0 Å². The summed E-state index contributed by atoms with van der Waals surface area (Å²) < 4.78 is 5.64. The fraction of sp³-hybridized carbons (Fsp3) is 0.333. The van der Waals surface area contributed by atoms with Crippen LogP contribution in [0.25, 0.3) is 10.8 Å². The predicted octanol–water partition coefficient (Wildman–Crippen LogP) is 7.35. The Hall–Kier alpha value is -5.48. The van der Waals surface area contributed by atoms with E-state index in [-0.39, 0.29) is 30.9 Å². The molecule has 0 fully saturated rings. The Labute approximate surface area is 306 Å². The van der Waals surface area contributed by atoms with Gasteiger partial charge in [0.15, 0.2) is 0 Å². The summed E-state index contributed by atoms with van der Waals surface area (Å²) in [7, 11) is 0. The minimum Gasteiger partial charge on any atom is -0.444 e. The lowest BCUT2D eigenvalue weighted by molar-refractivity contribution is -0.123. The van der Waals surface area contributed by atoms with Gasteiger partial charge in [0.1, 0.15) is 17.5 Å². The molecule has 5 rings (SSSR count). The fourth-order valence-corrected chi connectivity index (χ4v) is 6.05. The van der Waals surface area contributed by atoms with E-state index in [2.05, 4.69) is 63.2 Å². The largest absolute Gasteiger partial charge is 0.444 e. The third kappa shape index (κ3) is 10.8. The molecule has 1 aromatic heterocycles. The van der Waals surface area contributed by atoms with Gasteiger partial charge in [0, 0.05) is 31.0 Å². The van der Waals surface area contributed by atoms with Gasteiger partial charge in [-0.25, -0.2) is 9.78 Å². The van der Waals surface area contributed by atoms with Crippen LogP contribution in [0.2, 0.25) is 0 Å². The number of aromatic amines is 1. The van der Waals surface area contributed by atoms with E-state index in [0.29, 0.717) is 30.8 Å². The summed E-state index contributed by atoms with van der Waals surface area (Å²) in [6.45, 7) is 11.4. The van der Waals surface area contributed by atoms with Gasteiger partial charge in [-0.3, -0.25) is 14.5 Å². The number of carbonyl (C=O) groups excluding carboxylic acids is 3. The van der Waals surface area contributed by atoms with Gasteiger partial charge in [0.25, 0.3) is 5.91 Å². The van der Waals surface area contributed by atoms with Gasteiger partial charge >= 0.3 is 6.09 Å². The van der Waals surface area contributed by atoms with Crippen molar-refractivity contribution in [3.8, 4) is 0 Å². The molecule has 10 heteroatoms. The van der Waals surface area contributed by atoms with Crippen LogP contribution in [0.1, 0.15) is 85.0 Å². The number of ether oxygens (including phenoxy) is 1. The molecule has 0 aliphatic heterocycles. The monoisotopic (exact) mass is 702 g/mol. The minimum atomic E-state index is -0.749. The molecule has 0 bridgehead atoms. The zero-order chi connectivity index (χ0) is 37.1. The number of hydrogen-bond acceptors (Lipinski definition) is 6. The molecule has 5 aromatic rings. The molecule has 1 unspecified atom stereocenters. The Morgan fingerprint density at radius 2 is 1.62 bits per heavy atom. The topological polar surface area (TPSA) is 128 Å². The molecule has 4 aromatic carbocycles. The first-order chi connectivity index (χ1) is 25.0. The molecule has 0 aliphatic rings. The summed E-state index contributed by atoms with van der Waals surface area (Å²) in [5, 5.41) is 11.8. The fourth-order valence-electron chi connectivity index (χ4n) is 6.05. The minimum absolute atomic E-state index is 0.234. The maximum Gasteiger partial charge on any atom is 0.410 e. The van der Waals surface area contributed by atoms with Crippen LogP contribution in [0, 0.1) is 6.92 Å². The van der Waals surface area contributed by atoms with Crippen LogP contribution < -0.4 is 16.0 Å². The lowest BCUT2D eigenvalue weighted by atomic mass is 9.99. The van der Waals surface area contributed by atoms with E-state index in [1.807, 2.05) is 76.2 Å². The number of rotatable bonds is 15. The quantitative estimate of drug-likeness (QED) is 0.0845. The normalized spacial score (nSPS) is 12.6. The highest BCUT2D eigenvalue weighted by Crippen LogP contribution is 2.24. The van der Waals surface area contributed by atoms with Crippen LogP contribution in [-0.4, -0.2) is 51.0 Å². The molecule has 52 heavy (non-hydrogen) atoms. The van der Waals surface area contributed by atoms with Crippen molar-refractivity contribution in [1.82, 2.24) is 30.8 Å². The third-order valence-corrected chi connectivity index (χ3v) is 8.83. The van der Waals surface area contributed by atoms with E-state index in [4.69, 9.17) is 4.74 Å². The van der Waals surface area contributed by atoms with Crippen LogP contribution in [0.4, 0.5) is 4.79 Å². The highest BCUT2D eigenvalue weighted by molar-refractivity contribution is 5.97. The molecule has 1 heterocycles. The summed E-state index contributed by atoms with van der Waals surface area (Å²) in [6, 6.07) is 28.4. The van der Waals surface area contributed by atoms with Crippen LogP contribution in [0.3, 0.4) is 0 Å². The van der Waals surface area contributed by atoms with Gasteiger partial charge in [-0.15, -0.1) is 0 Å². The Morgan fingerprint density at radius 1 is 0.885 bits per heavy atom. The van der Waals surface area contributed by atoms with E-state index < -0.39 is 17.7 Å². The first kappa shape index (κ1) is 37.8. The predicted molar refractivity (Wildman–Crippen MR) is 204 cm³/mol. The highest BCUT2D eigenvalue weighted by Gasteiger charge is 2.25. The van der Waals surface area contributed by atoms with E-state index >= 15 is 0 Å². The Bertz CT molecular complexity index is 1930. The maximum absolute atomic E-state index is 13.8. The standard InChI is InChI=1S/C42H50N6O4/c1-29-12-6-7-14-34(29)26-43-23-11-18-37(40(50)46-30(2)35-17-10-15-32-13-8-9-16-36(32)35)47-39(49)33-21-19-31(20-22-33)27-48(28-38-44-24-25-45-38)41(51)52-42(3,4)5/h6-10,12-17,19-22,24-25,30,37,43H,11,18,23,26-28H2,1-5H3,(H,44,45)(H,46,50)(H,47,49)/t30?,37-/m0/s1. The molecule has 0 radical (unpaired) electrons. The number of aryl methyl sites for hydroxylation is 1. The average Bonchev–Trinajstić information content (AvgIpc) is 3.64. The summed E-state index contributed by atoms with van der Waals surface area (Å²) in [5.74, 6) is 0.0403. The van der Waals surface area contributed by atoms with Crippen LogP contribution in [0.15, 0.2) is 103 Å². The van der Waals surface area contributed by atoms with Gasteiger partial charge in [-0.05, 0) is 99.2 Å². The molecule has 2 atom stereocenters. The van der Waals surface area contributed by atoms with Crippen molar-refractivity contribution in [2.45, 2.75) is 84.8 Å². The number of aromatic nitrogens is 2. The second kappa shape index (κ2) is 17.6. The molecule has 3 amide bonds. The average molecular weight is 703 g/mol. The molecule has 4 N–H and O–H groups in total. The second-order valence-corrected chi connectivity index (χ2v) is 14.1. The summed E-state index contributed by atoms with van der Waals surface area (Å²) in [6.07, 6.45) is 4.01. The third-order valence-electron chi connectivity index (χ3n) is 8.83. The maximum atomic E-state index is 13.8. The Morgan fingerprint density at radius 3 is 2.35 bits per heavy atom. The number of fused-ring (bicyclic) bond motifs is 1. The number of nitrogens with zero attached hydrogens (tertiary/aromatic N) is 2. The van der Waals surface area contributed by atoms with Crippen molar-refractivity contribution in [3.63, 3.8) is 0 Å². The highest BCUT2D eigenvalue weighted by atomic mass is 16.6. The molecule has 0 spiro atoms. The van der Waals surface area contributed by atoms with Crippen molar-refractivity contribution in [1.29, 1.82) is 0 Å². The molecule has 0 saturated heterocycles. The number of imidazole rings is 1. The number of H-pyrrole nitrogens is 1.